The van der Waals surface area contributed by atoms with Gasteiger partial charge in [-0.15, -0.1) is 0 Å². The second-order valence-corrected chi connectivity index (χ2v) is 5.81. The van der Waals surface area contributed by atoms with Gasteiger partial charge < -0.3 is 0 Å². The summed E-state index contributed by atoms with van der Waals surface area (Å²) in [7, 11) is 0. The van der Waals surface area contributed by atoms with Crippen LogP contribution in [0.15, 0.2) is 64.5 Å². The molecule has 1 aromatic heterocycles. The van der Waals surface area contributed by atoms with Crippen LogP contribution in [0.5, 0.6) is 0 Å². The molecule has 2 aromatic carbocycles. The third kappa shape index (κ3) is 2.57. The topological polar surface area (TPSA) is 47.2 Å². The van der Waals surface area contributed by atoms with Crippen molar-refractivity contribution < 1.29 is 0 Å². The Morgan fingerprint density at radius 2 is 1.61 bits per heavy atom. The molecule has 1 aliphatic rings. The molecule has 0 N–H and O–H groups in total. The minimum Gasteiger partial charge on any atom is -0.267 e. The Morgan fingerprint density at radius 3 is 2.39 bits per heavy atom. The highest BCUT2D eigenvalue weighted by atomic mass is 16.1. The first-order chi connectivity index (χ1) is 11.3. The number of rotatable bonds is 2. The van der Waals surface area contributed by atoms with Gasteiger partial charge in [-0.2, -0.15) is 9.78 Å². The molecule has 1 fully saturated rings. The van der Waals surface area contributed by atoms with Gasteiger partial charge in [-0.1, -0.05) is 42.5 Å². The van der Waals surface area contributed by atoms with Gasteiger partial charge in [0.05, 0.1) is 10.9 Å². The van der Waals surface area contributed by atoms with E-state index >= 15 is 0 Å². The molecule has 0 unspecified atom stereocenters. The number of hydrogen-bond acceptors (Lipinski definition) is 3. The summed E-state index contributed by atoms with van der Waals surface area (Å²) in [6, 6.07) is 17.2. The lowest BCUT2D eigenvalue weighted by Crippen LogP contribution is -2.21. The molecule has 4 nitrogen and oxygen atoms in total. The van der Waals surface area contributed by atoms with Crippen LogP contribution in [0.25, 0.3) is 22.3 Å². The Morgan fingerprint density at radius 1 is 0.913 bits per heavy atom. The summed E-state index contributed by atoms with van der Waals surface area (Å²) in [4.78, 5) is 17.6. The van der Waals surface area contributed by atoms with Crippen molar-refractivity contribution in [3.05, 3.63) is 65.0 Å². The molecule has 0 radical (unpaired) electrons. The summed E-state index contributed by atoms with van der Waals surface area (Å²) in [5.74, 6) is 0.605. The lowest BCUT2D eigenvalue weighted by Gasteiger charge is -2.10. The third-order valence-corrected chi connectivity index (χ3v) is 4.21. The van der Waals surface area contributed by atoms with Gasteiger partial charge in [0.2, 0.25) is 0 Å². The zero-order valence-electron chi connectivity index (χ0n) is 12.8. The second-order valence-electron chi connectivity index (χ2n) is 5.81. The van der Waals surface area contributed by atoms with E-state index in [2.05, 4.69) is 5.10 Å². The number of para-hydroxylation sites is 1. The minimum atomic E-state index is -0.103. The monoisotopic (exact) mass is 303 g/mol. The van der Waals surface area contributed by atoms with E-state index in [1.165, 1.54) is 4.68 Å². The molecular weight excluding hydrogens is 286 g/mol. The maximum Gasteiger partial charge on any atom is 0.282 e. The standard InChI is InChI=1S/C19H17N3O/c23-19-16-12-6-7-13-17(16)20-18(14-8-2-1-3-9-14)22(19)21-15-10-4-5-11-15/h1-3,6-9,12-13H,4-5,10-11H2. The average molecular weight is 303 g/mol. The number of nitrogens with zero attached hydrogens (tertiary/aromatic N) is 3. The zero-order valence-corrected chi connectivity index (χ0v) is 12.8. The van der Waals surface area contributed by atoms with Crippen molar-refractivity contribution in [2.24, 2.45) is 5.10 Å². The molecular formula is C19H17N3O. The Hall–Kier alpha value is -2.75. The van der Waals surface area contributed by atoms with E-state index in [9.17, 15) is 4.79 Å². The van der Waals surface area contributed by atoms with Gasteiger partial charge in [0.1, 0.15) is 0 Å². The molecule has 114 valence electrons. The van der Waals surface area contributed by atoms with Crippen LogP contribution in [0.4, 0.5) is 0 Å². The van der Waals surface area contributed by atoms with E-state index in [0.29, 0.717) is 16.7 Å². The zero-order chi connectivity index (χ0) is 15.6. The number of aromatic nitrogens is 2. The van der Waals surface area contributed by atoms with Gasteiger partial charge in [0, 0.05) is 11.3 Å². The normalized spacial score (nSPS) is 14.3. The lowest BCUT2D eigenvalue weighted by molar-refractivity contribution is 0.817. The van der Waals surface area contributed by atoms with E-state index in [-0.39, 0.29) is 5.56 Å². The van der Waals surface area contributed by atoms with Crippen LogP contribution in [0.3, 0.4) is 0 Å². The largest absolute Gasteiger partial charge is 0.282 e. The van der Waals surface area contributed by atoms with Crippen molar-refractivity contribution in [1.29, 1.82) is 0 Å². The van der Waals surface area contributed by atoms with Crippen molar-refractivity contribution in [3.63, 3.8) is 0 Å². The van der Waals surface area contributed by atoms with Crippen LogP contribution in [-0.2, 0) is 0 Å². The second kappa shape index (κ2) is 5.80. The van der Waals surface area contributed by atoms with E-state index in [1.807, 2.05) is 54.6 Å². The van der Waals surface area contributed by atoms with Crippen LogP contribution >= 0.6 is 0 Å². The van der Waals surface area contributed by atoms with Gasteiger partial charge in [-0.05, 0) is 37.8 Å². The highest BCUT2D eigenvalue weighted by Crippen LogP contribution is 2.20. The van der Waals surface area contributed by atoms with Gasteiger partial charge >= 0.3 is 0 Å². The molecule has 0 aliphatic heterocycles. The summed E-state index contributed by atoms with van der Waals surface area (Å²) in [6.45, 7) is 0. The summed E-state index contributed by atoms with van der Waals surface area (Å²) in [5, 5.41) is 5.25. The van der Waals surface area contributed by atoms with Gasteiger partial charge in [0.25, 0.3) is 5.56 Å². The van der Waals surface area contributed by atoms with Crippen LogP contribution < -0.4 is 5.56 Å². The van der Waals surface area contributed by atoms with Crippen LogP contribution in [0, 0.1) is 0 Å². The highest BCUT2D eigenvalue weighted by Gasteiger charge is 2.14. The van der Waals surface area contributed by atoms with E-state index < -0.39 is 0 Å². The molecule has 0 spiro atoms. The lowest BCUT2D eigenvalue weighted by atomic mass is 10.2. The maximum atomic E-state index is 12.9. The molecule has 1 heterocycles. The van der Waals surface area contributed by atoms with E-state index in [0.717, 1.165) is 37.0 Å². The third-order valence-electron chi connectivity index (χ3n) is 4.21. The van der Waals surface area contributed by atoms with Crippen LogP contribution in [0.2, 0.25) is 0 Å². The fourth-order valence-corrected chi connectivity index (χ4v) is 3.02. The summed E-state index contributed by atoms with van der Waals surface area (Å²) >= 11 is 0. The van der Waals surface area contributed by atoms with E-state index in [4.69, 9.17) is 4.98 Å². The summed E-state index contributed by atoms with van der Waals surface area (Å²) in [6.07, 6.45) is 4.23. The molecule has 0 bridgehead atoms. The highest BCUT2D eigenvalue weighted by molar-refractivity contribution is 5.86. The Kier molecular flexibility index (Phi) is 3.50. The molecule has 1 aliphatic carbocycles. The summed E-state index contributed by atoms with van der Waals surface area (Å²) in [5.41, 5.74) is 2.59. The number of hydrogen-bond donors (Lipinski definition) is 0. The Bertz CT molecular complexity index is 934. The average Bonchev–Trinajstić information content (AvgIpc) is 3.11. The van der Waals surface area contributed by atoms with Crippen molar-refractivity contribution in [1.82, 2.24) is 9.66 Å². The molecule has 4 heteroatoms. The first-order valence-electron chi connectivity index (χ1n) is 7.97. The molecule has 0 amide bonds. The smallest absolute Gasteiger partial charge is 0.267 e. The van der Waals surface area contributed by atoms with Crippen LogP contribution in [-0.4, -0.2) is 15.4 Å². The van der Waals surface area contributed by atoms with Gasteiger partial charge in [0.15, 0.2) is 5.82 Å². The Balaban J connectivity index is 2.02. The van der Waals surface area contributed by atoms with Crippen LogP contribution in [0.1, 0.15) is 25.7 Å². The predicted molar refractivity (Wildman–Crippen MR) is 92.7 cm³/mol. The van der Waals surface area contributed by atoms with Crippen molar-refractivity contribution in [3.8, 4) is 11.4 Å². The van der Waals surface area contributed by atoms with Crippen molar-refractivity contribution in [2.75, 3.05) is 0 Å². The fraction of sp³-hybridized carbons (Fsp3) is 0.211. The fourth-order valence-electron chi connectivity index (χ4n) is 3.02. The Labute approximate surface area is 134 Å². The molecule has 0 saturated heterocycles. The van der Waals surface area contributed by atoms with Gasteiger partial charge in [-0.3, -0.25) is 4.79 Å². The van der Waals surface area contributed by atoms with E-state index in [1.54, 1.807) is 0 Å². The van der Waals surface area contributed by atoms with Crippen molar-refractivity contribution in [2.45, 2.75) is 25.7 Å². The minimum absolute atomic E-state index is 0.103. The summed E-state index contributed by atoms with van der Waals surface area (Å²) < 4.78 is 1.48. The molecule has 4 rings (SSSR count). The van der Waals surface area contributed by atoms with Crippen molar-refractivity contribution >= 4 is 16.6 Å². The molecule has 1 saturated carbocycles. The quantitative estimate of drug-likeness (QED) is 0.722. The SMILES string of the molecule is O=c1c2ccccc2nc(-c2ccccc2)n1N=C1CCCC1. The first-order valence-corrected chi connectivity index (χ1v) is 7.97. The molecule has 3 aromatic rings. The predicted octanol–water partition coefficient (Wildman–Crippen LogP) is 3.84. The molecule has 23 heavy (non-hydrogen) atoms. The number of fused-ring (bicyclic) bond motifs is 1. The molecule has 0 atom stereocenters. The first kappa shape index (κ1) is 13.9. The maximum absolute atomic E-state index is 12.9. The number of benzene rings is 2. The van der Waals surface area contributed by atoms with Gasteiger partial charge in [-0.25, -0.2) is 4.98 Å².